The van der Waals surface area contributed by atoms with Crippen LogP contribution in [-0.4, -0.2) is 19.9 Å². The first-order valence-electron chi connectivity index (χ1n) is 9.39. The van der Waals surface area contributed by atoms with E-state index in [2.05, 4.69) is 25.6 Å². The highest BCUT2D eigenvalue weighted by Crippen LogP contribution is 2.35. The van der Waals surface area contributed by atoms with Crippen LogP contribution >= 0.6 is 0 Å². The quantitative estimate of drug-likeness (QED) is 0.344. The average molecular weight is 400 g/mol. The number of aromatic nitrogens is 3. The number of benzene rings is 2. The van der Waals surface area contributed by atoms with Gasteiger partial charge in [0.25, 0.3) is 0 Å². The van der Waals surface area contributed by atoms with Crippen molar-refractivity contribution in [2.75, 3.05) is 10.6 Å². The minimum Gasteiger partial charge on any atom is -0.334 e. The molecule has 2 aromatic heterocycles. The molecule has 0 aliphatic rings. The standard InChI is InChI=1S/C22H20N6O2/c1-13-7-10-17(14(2)11-13)26-21-20(28(29)30)22(24-12-23-21)27-18-6-4-5-16-9-8-15(3)25-19(16)18/h4-12H,1-3H3,(H2,23,24,26,27). The first-order chi connectivity index (χ1) is 14.4. The molecule has 4 aromatic rings. The molecule has 0 radical (unpaired) electrons. The van der Waals surface area contributed by atoms with Gasteiger partial charge in [-0.05, 0) is 44.5 Å². The summed E-state index contributed by atoms with van der Waals surface area (Å²) in [6.45, 7) is 5.83. The second-order valence-electron chi connectivity index (χ2n) is 7.07. The zero-order valence-corrected chi connectivity index (χ0v) is 16.8. The topological polar surface area (TPSA) is 106 Å². The van der Waals surface area contributed by atoms with Gasteiger partial charge in [0.2, 0.25) is 11.6 Å². The van der Waals surface area contributed by atoms with E-state index in [1.807, 2.05) is 69.3 Å². The molecular weight excluding hydrogens is 380 g/mol. The number of hydrogen-bond donors (Lipinski definition) is 2. The first kappa shape index (κ1) is 19.3. The van der Waals surface area contributed by atoms with Crippen molar-refractivity contribution >= 4 is 39.6 Å². The molecule has 0 aliphatic heterocycles. The molecule has 0 amide bonds. The summed E-state index contributed by atoms with van der Waals surface area (Å²) in [4.78, 5) is 24.2. The molecule has 0 spiro atoms. The number of pyridine rings is 1. The molecule has 2 N–H and O–H groups in total. The second kappa shape index (κ2) is 7.75. The number of nitrogens with zero attached hydrogens (tertiary/aromatic N) is 4. The highest BCUT2D eigenvalue weighted by Gasteiger charge is 2.24. The third kappa shape index (κ3) is 3.75. The zero-order chi connectivity index (χ0) is 21.3. The lowest BCUT2D eigenvalue weighted by Gasteiger charge is -2.13. The third-order valence-electron chi connectivity index (χ3n) is 4.75. The van der Waals surface area contributed by atoms with Crippen LogP contribution in [0.2, 0.25) is 0 Å². The van der Waals surface area contributed by atoms with Gasteiger partial charge in [-0.3, -0.25) is 15.1 Å². The Morgan fingerprint density at radius 2 is 1.63 bits per heavy atom. The SMILES string of the molecule is Cc1ccc(Nc2ncnc(Nc3cccc4ccc(C)nc34)c2[N+](=O)[O-])c(C)c1. The Morgan fingerprint density at radius 3 is 2.33 bits per heavy atom. The second-order valence-corrected chi connectivity index (χ2v) is 7.07. The van der Waals surface area contributed by atoms with Crippen LogP contribution in [0.15, 0.2) is 54.9 Å². The van der Waals surface area contributed by atoms with Crippen LogP contribution in [0.5, 0.6) is 0 Å². The summed E-state index contributed by atoms with van der Waals surface area (Å²) in [7, 11) is 0. The number of fused-ring (bicyclic) bond motifs is 1. The van der Waals surface area contributed by atoms with Gasteiger partial charge in [-0.1, -0.05) is 35.9 Å². The molecule has 150 valence electrons. The van der Waals surface area contributed by atoms with Gasteiger partial charge in [0.1, 0.15) is 6.33 Å². The molecule has 30 heavy (non-hydrogen) atoms. The Kier molecular flexibility index (Phi) is 4.97. The van der Waals surface area contributed by atoms with Crippen LogP contribution in [0.25, 0.3) is 10.9 Å². The molecule has 0 aliphatic carbocycles. The molecular formula is C22H20N6O2. The molecule has 4 rings (SSSR count). The minimum atomic E-state index is -0.488. The number of hydrogen-bond acceptors (Lipinski definition) is 7. The summed E-state index contributed by atoms with van der Waals surface area (Å²) in [6, 6.07) is 15.3. The van der Waals surface area contributed by atoms with Crippen molar-refractivity contribution in [1.29, 1.82) is 0 Å². The molecule has 2 heterocycles. The highest BCUT2D eigenvalue weighted by molar-refractivity contribution is 5.93. The van der Waals surface area contributed by atoms with E-state index in [4.69, 9.17) is 0 Å². The van der Waals surface area contributed by atoms with Gasteiger partial charge in [0, 0.05) is 16.8 Å². The van der Waals surface area contributed by atoms with Crippen molar-refractivity contribution in [3.8, 4) is 0 Å². The first-order valence-corrected chi connectivity index (χ1v) is 9.39. The summed E-state index contributed by atoms with van der Waals surface area (Å²) in [6.07, 6.45) is 1.30. The molecule has 0 atom stereocenters. The summed E-state index contributed by atoms with van der Waals surface area (Å²) < 4.78 is 0. The fourth-order valence-corrected chi connectivity index (χ4v) is 3.29. The summed E-state index contributed by atoms with van der Waals surface area (Å²) in [5.74, 6) is 0.215. The number of anilines is 4. The van der Waals surface area contributed by atoms with E-state index in [0.717, 1.165) is 27.9 Å². The van der Waals surface area contributed by atoms with Crippen LogP contribution in [-0.2, 0) is 0 Å². The lowest BCUT2D eigenvalue weighted by molar-refractivity contribution is -0.383. The van der Waals surface area contributed by atoms with Gasteiger partial charge in [0.05, 0.1) is 16.1 Å². The van der Waals surface area contributed by atoms with E-state index in [9.17, 15) is 10.1 Å². The third-order valence-corrected chi connectivity index (χ3v) is 4.75. The number of rotatable bonds is 5. The molecule has 0 saturated heterocycles. The van der Waals surface area contributed by atoms with Crippen LogP contribution in [0, 0.1) is 30.9 Å². The lowest BCUT2D eigenvalue weighted by atomic mass is 10.1. The van der Waals surface area contributed by atoms with Crippen molar-refractivity contribution in [3.63, 3.8) is 0 Å². The number of para-hydroxylation sites is 1. The number of nitro groups is 1. The van der Waals surface area contributed by atoms with E-state index in [0.29, 0.717) is 11.2 Å². The van der Waals surface area contributed by atoms with Crippen LogP contribution in [0.1, 0.15) is 16.8 Å². The Hall–Kier alpha value is -4.07. The van der Waals surface area contributed by atoms with Crippen molar-refractivity contribution in [1.82, 2.24) is 15.0 Å². The van der Waals surface area contributed by atoms with Gasteiger partial charge in [-0.15, -0.1) is 0 Å². The van der Waals surface area contributed by atoms with E-state index in [1.54, 1.807) is 0 Å². The molecule has 8 nitrogen and oxygen atoms in total. The monoisotopic (exact) mass is 400 g/mol. The van der Waals surface area contributed by atoms with E-state index < -0.39 is 4.92 Å². The van der Waals surface area contributed by atoms with E-state index in [-0.39, 0.29) is 17.3 Å². The van der Waals surface area contributed by atoms with Crippen molar-refractivity contribution in [2.24, 2.45) is 0 Å². The maximum absolute atomic E-state index is 11.9. The average Bonchev–Trinajstić information content (AvgIpc) is 2.70. The van der Waals surface area contributed by atoms with Gasteiger partial charge in [-0.2, -0.15) is 0 Å². The predicted octanol–water partition coefficient (Wildman–Crippen LogP) is 5.35. The largest absolute Gasteiger partial charge is 0.353 e. The van der Waals surface area contributed by atoms with Crippen molar-refractivity contribution in [3.05, 3.63) is 81.8 Å². The Labute approximate surface area is 173 Å². The maximum atomic E-state index is 11.9. The van der Waals surface area contributed by atoms with Crippen LogP contribution < -0.4 is 10.6 Å². The van der Waals surface area contributed by atoms with Gasteiger partial charge < -0.3 is 10.6 Å². The maximum Gasteiger partial charge on any atom is 0.353 e. The summed E-state index contributed by atoms with van der Waals surface area (Å²) in [5, 5.41) is 19.0. The molecule has 0 saturated carbocycles. The molecule has 8 heteroatoms. The molecule has 2 aromatic carbocycles. The van der Waals surface area contributed by atoms with Gasteiger partial charge >= 0.3 is 5.69 Å². The smallest absolute Gasteiger partial charge is 0.334 e. The number of aryl methyl sites for hydroxylation is 3. The molecule has 0 fully saturated rings. The van der Waals surface area contributed by atoms with E-state index in [1.165, 1.54) is 6.33 Å². The van der Waals surface area contributed by atoms with Crippen molar-refractivity contribution in [2.45, 2.75) is 20.8 Å². The van der Waals surface area contributed by atoms with Gasteiger partial charge in [0.15, 0.2) is 0 Å². The Morgan fingerprint density at radius 1 is 0.900 bits per heavy atom. The van der Waals surface area contributed by atoms with Crippen LogP contribution in [0.3, 0.4) is 0 Å². The van der Waals surface area contributed by atoms with Gasteiger partial charge in [-0.25, -0.2) is 9.97 Å². The lowest BCUT2D eigenvalue weighted by Crippen LogP contribution is -2.06. The predicted molar refractivity (Wildman–Crippen MR) is 118 cm³/mol. The Bertz CT molecular complexity index is 1270. The van der Waals surface area contributed by atoms with E-state index >= 15 is 0 Å². The molecule has 0 unspecified atom stereocenters. The highest BCUT2D eigenvalue weighted by atomic mass is 16.6. The summed E-state index contributed by atoms with van der Waals surface area (Å²) >= 11 is 0. The zero-order valence-electron chi connectivity index (χ0n) is 16.8. The normalized spacial score (nSPS) is 10.8. The Balaban J connectivity index is 1.77. The fraction of sp³-hybridized carbons (Fsp3) is 0.136. The fourth-order valence-electron chi connectivity index (χ4n) is 3.29. The molecule has 0 bridgehead atoms. The summed E-state index contributed by atoms with van der Waals surface area (Å²) in [5.41, 5.74) is 4.79. The number of nitrogens with one attached hydrogen (secondary N) is 2. The van der Waals surface area contributed by atoms with Crippen molar-refractivity contribution < 1.29 is 4.92 Å². The minimum absolute atomic E-state index is 0.0954. The van der Waals surface area contributed by atoms with Crippen LogP contribution in [0.4, 0.5) is 28.7 Å².